The van der Waals surface area contributed by atoms with Gasteiger partial charge in [-0.1, -0.05) is 103 Å². The van der Waals surface area contributed by atoms with Crippen LogP contribution in [0.2, 0.25) is 0 Å². The van der Waals surface area contributed by atoms with E-state index in [0.29, 0.717) is 0 Å². The largest absolute Gasteiger partial charge is 0.306 e. The molecule has 5 aromatic carbocycles. The first-order valence-electron chi connectivity index (χ1n) is 16.8. The molecule has 0 radical (unpaired) electrons. The van der Waals surface area contributed by atoms with E-state index in [1.165, 1.54) is 55.1 Å². The Morgan fingerprint density at radius 2 is 1.12 bits per heavy atom. The number of allylic oxidation sites excluding steroid dienone is 1. The molecule has 4 aromatic heterocycles. The van der Waals surface area contributed by atoms with Crippen LogP contribution in [0.3, 0.4) is 0 Å². The zero-order valence-corrected chi connectivity index (χ0v) is 26.7. The number of aromatic nitrogens is 4. The molecule has 4 heteroatoms. The van der Waals surface area contributed by atoms with Crippen molar-refractivity contribution in [3.63, 3.8) is 0 Å². The molecule has 0 spiro atoms. The lowest BCUT2D eigenvalue weighted by molar-refractivity contribution is 0.979. The average molecular weight is 627 g/mol. The van der Waals surface area contributed by atoms with Crippen LogP contribution in [0.4, 0.5) is 0 Å². The molecule has 0 saturated heterocycles. The van der Waals surface area contributed by atoms with Crippen LogP contribution in [0, 0.1) is 0 Å². The van der Waals surface area contributed by atoms with Crippen molar-refractivity contribution in [1.82, 2.24) is 19.4 Å². The molecule has 1 aliphatic rings. The van der Waals surface area contributed by atoms with Crippen molar-refractivity contribution in [3.05, 3.63) is 163 Å². The van der Waals surface area contributed by atoms with Gasteiger partial charge in [0, 0.05) is 23.0 Å². The van der Waals surface area contributed by atoms with Crippen molar-refractivity contribution in [3.8, 4) is 44.9 Å². The second-order valence-corrected chi connectivity index (χ2v) is 12.7. The van der Waals surface area contributed by atoms with Crippen molar-refractivity contribution in [2.75, 3.05) is 0 Å². The smallest absolute Gasteiger partial charge is 0.0893 e. The molecule has 9 aromatic rings. The van der Waals surface area contributed by atoms with Crippen LogP contribution >= 0.6 is 0 Å². The minimum atomic E-state index is 0.866. The summed E-state index contributed by atoms with van der Waals surface area (Å²) in [6, 6.07) is 47.3. The molecule has 4 nitrogen and oxygen atoms in total. The van der Waals surface area contributed by atoms with Gasteiger partial charge in [0.2, 0.25) is 0 Å². The van der Waals surface area contributed by atoms with Gasteiger partial charge in [-0.25, -0.2) is 4.98 Å². The Balaban J connectivity index is 1.17. The van der Waals surface area contributed by atoms with Gasteiger partial charge in [-0.15, -0.1) is 0 Å². The van der Waals surface area contributed by atoms with Crippen molar-refractivity contribution >= 4 is 44.2 Å². The molecule has 0 unspecified atom stereocenters. The monoisotopic (exact) mass is 626 g/mol. The van der Waals surface area contributed by atoms with Gasteiger partial charge in [0.05, 0.1) is 39.8 Å². The van der Waals surface area contributed by atoms with Crippen molar-refractivity contribution < 1.29 is 0 Å². The Morgan fingerprint density at radius 3 is 1.86 bits per heavy atom. The van der Waals surface area contributed by atoms with Gasteiger partial charge in [0.1, 0.15) is 0 Å². The van der Waals surface area contributed by atoms with E-state index >= 15 is 0 Å². The highest BCUT2D eigenvalue weighted by Gasteiger charge is 2.22. The van der Waals surface area contributed by atoms with Crippen molar-refractivity contribution in [2.45, 2.75) is 12.8 Å². The Hall–Kier alpha value is -6.39. The molecule has 0 fully saturated rings. The van der Waals surface area contributed by atoms with E-state index in [2.05, 4.69) is 131 Å². The van der Waals surface area contributed by atoms with Gasteiger partial charge in [0.25, 0.3) is 0 Å². The van der Waals surface area contributed by atoms with Gasteiger partial charge in [-0.2, -0.15) is 0 Å². The summed E-state index contributed by atoms with van der Waals surface area (Å²) < 4.78 is 2.40. The fourth-order valence-electron chi connectivity index (χ4n) is 7.86. The third-order valence-corrected chi connectivity index (χ3v) is 9.96. The maximum atomic E-state index is 5.16. The zero-order chi connectivity index (χ0) is 32.3. The van der Waals surface area contributed by atoms with Crippen LogP contribution in [0.5, 0.6) is 0 Å². The molecular weight excluding hydrogens is 597 g/mol. The molecule has 49 heavy (non-hydrogen) atoms. The van der Waals surface area contributed by atoms with Crippen LogP contribution in [0.1, 0.15) is 17.7 Å². The summed E-state index contributed by atoms with van der Waals surface area (Å²) in [5, 5.41) is 4.79. The molecule has 0 atom stereocenters. The predicted molar refractivity (Wildman–Crippen MR) is 202 cm³/mol. The molecule has 0 N–H and O–H groups in total. The number of nitrogens with zero attached hydrogens (tertiary/aromatic N) is 4. The summed E-state index contributed by atoms with van der Waals surface area (Å²) in [6.07, 6.45) is 10.5. The normalized spacial score (nSPS) is 12.7. The molecule has 4 heterocycles. The lowest BCUT2D eigenvalue weighted by atomic mass is 9.86. The van der Waals surface area contributed by atoms with Crippen LogP contribution in [-0.2, 0) is 6.42 Å². The fraction of sp³-hybridized carbons (Fsp3) is 0.0444. The summed E-state index contributed by atoms with van der Waals surface area (Å²) in [5.74, 6) is 0. The Bertz CT molecular complexity index is 2700. The second kappa shape index (κ2) is 11.1. The SMILES string of the molecule is C1=Cc2c(c(-c3ccc(-c4c5ccccc5c(-c5cccc(-c6ccccn6)n5)c5ccccc45)cc3)c3cnc4ccccc4n23)CC1. The molecule has 1 aliphatic carbocycles. The Kier molecular flexibility index (Phi) is 6.28. The summed E-state index contributed by atoms with van der Waals surface area (Å²) in [6.45, 7) is 0. The highest BCUT2D eigenvalue weighted by atomic mass is 14.9. The average Bonchev–Trinajstić information content (AvgIpc) is 3.52. The van der Waals surface area contributed by atoms with Crippen LogP contribution in [0.25, 0.3) is 89.1 Å². The number of hydrogen-bond donors (Lipinski definition) is 0. The van der Waals surface area contributed by atoms with Gasteiger partial charge < -0.3 is 4.40 Å². The Morgan fingerprint density at radius 1 is 0.490 bits per heavy atom. The lowest BCUT2D eigenvalue weighted by Gasteiger charge is -2.18. The van der Waals surface area contributed by atoms with Crippen molar-refractivity contribution in [2.24, 2.45) is 0 Å². The third-order valence-electron chi connectivity index (χ3n) is 9.96. The van der Waals surface area contributed by atoms with Crippen LogP contribution < -0.4 is 0 Å². The zero-order valence-electron chi connectivity index (χ0n) is 26.7. The summed E-state index contributed by atoms with van der Waals surface area (Å²) >= 11 is 0. The molecule has 10 rings (SSSR count). The minimum absolute atomic E-state index is 0.866. The molecule has 0 aliphatic heterocycles. The predicted octanol–water partition coefficient (Wildman–Crippen LogP) is 11.2. The first kappa shape index (κ1) is 27.7. The van der Waals surface area contributed by atoms with Crippen molar-refractivity contribution in [1.29, 1.82) is 0 Å². The summed E-state index contributed by atoms with van der Waals surface area (Å²) in [5.41, 5.74) is 14.7. The van der Waals surface area contributed by atoms with Gasteiger partial charge in [-0.3, -0.25) is 9.97 Å². The quantitative estimate of drug-likeness (QED) is 0.183. The highest BCUT2D eigenvalue weighted by Crippen LogP contribution is 2.44. The van der Waals surface area contributed by atoms with Crippen LogP contribution in [0.15, 0.2) is 152 Å². The first-order valence-corrected chi connectivity index (χ1v) is 16.8. The van der Waals surface area contributed by atoms with E-state index < -0.39 is 0 Å². The van der Waals surface area contributed by atoms with Gasteiger partial charge in [-0.05, 0) is 99.1 Å². The van der Waals surface area contributed by atoms with E-state index in [0.717, 1.165) is 52.0 Å². The van der Waals surface area contributed by atoms with E-state index in [-0.39, 0.29) is 0 Å². The fourth-order valence-corrected chi connectivity index (χ4v) is 7.86. The lowest BCUT2D eigenvalue weighted by Crippen LogP contribution is -1.96. The Labute approximate surface area is 283 Å². The minimum Gasteiger partial charge on any atom is -0.306 e. The van der Waals surface area contributed by atoms with E-state index in [4.69, 9.17) is 9.97 Å². The summed E-state index contributed by atoms with van der Waals surface area (Å²) in [4.78, 5) is 14.6. The maximum absolute atomic E-state index is 5.16. The first-order chi connectivity index (χ1) is 24.3. The standard InChI is InChI=1S/C45H30N4/c1-3-14-33-31(12-1)43(32-13-2-4-15-34(32)45(33)39-20-11-19-37(48-39)36-17-9-10-27-46-36)29-23-25-30(26-24-29)44-35-16-5-7-21-40(35)49-41-22-8-6-18-38(41)47-28-42(44)49/h1-4,6-15,17-28H,5,16H2. The number of hydrogen-bond acceptors (Lipinski definition) is 3. The van der Waals surface area contributed by atoms with Gasteiger partial charge >= 0.3 is 0 Å². The summed E-state index contributed by atoms with van der Waals surface area (Å²) in [7, 11) is 0. The number of rotatable bonds is 4. The molecule has 0 amide bonds. The number of para-hydroxylation sites is 2. The topological polar surface area (TPSA) is 43.1 Å². The van der Waals surface area contributed by atoms with E-state index in [1.54, 1.807) is 0 Å². The number of benzene rings is 5. The highest BCUT2D eigenvalue weighted by molar-refractivity contribution is 6.21. The maximum Gasteiger partial charge on any atom is 0.0893 e. The van der Waals surface area contributed by atoms with Crippen LogP contribution in [-0.4, -0.2) is 19.4 Å². The number of pyridine rings is 2. The molecule has 230 valence electrons. The second-order valence-electron chi connectivity index (χ2n) is 12.7. The molecule has 0 saturated carbocycles. The third kappa shape index (κ3) is 4.34. The number of fused-ring (bicyclic) bond motifs is 7. The van der Waals surface area contributed by atoms with E-state index in [1.807, 2.05) is 36.7 Å². The van der Waals surface area contributed by atoms with E-state index in [9.17, 15) is 0 Å². The molecular formula is C45H30N4. The van der Waals surface area contributed by atoms with Gasteiger partial charge in [0.15, 0.2) is 0 Å². The molecule has 0 bridgehead atoms.